The van der Waals surface area contributed by atoms with E-state index in [2.05, 4.69) is 22.2 Å². The lowest BCUT2D eigenvalue weighted by molar-refractivity contribution is -0.111. The second-order valence-corrected chi connectivity index (χ2v) is 7.74. The fourth-order valence-corrected chi connectivity index (χ4v) is 3.94. The highest BCUT2D eigenvalue weighted by Crippen LogP contribution is 2.34. The molecule has 0 saturated heterocycles. The van der Waals surface area contributed by atoms with E-state index in [-0.39, 0.29) is 11.9 Å². The molecule has 0 radical (unpaired) electrons. The largest absolute Gasteiger partial charge is 0.351 e. The van der Waals surface area contributed by atoms with Crippen molar-refractivity contribution >= 4 is 35.1 Å². The lowest BCUT2D eigenvalue weighted by Gasteiger charge is -2.34. The summed E-state index contributed by atoms with van der Waals surface area (Å²) in [6, 6.07) is 7.30. The smallest absolute Gasteiger partial charge is 0.330 e. The minimum atomic E-state index is -0.309. The first-order chi connectivity index (χ1) is 14.5. The molecule has 2 N–H and O–H groups in total. The molecule has 3 amide bonds. The molecule has 156 valence electrons. The number of hydrogen-bond donors (Lipinski definition) is 2. The molecule has 1 aliphatic heterocycles. The van der Waals surface area contributed by atoms with Crippen molar-refractivity contribution < 1.29 is 9.59 Å². The second kappa shape index (κ2) is 8.52. The van der Waals surface area contributed by atoms with Crippen LogP contribution in [0.3, 0.4) is 0 Å². The Morgan fingerprint density at radius 2 is 2.07 bits per heavy atom. The van der Waals surface area contributed by atoms with E-state index in [1.165, 1.54) is 25.3 Å². The Labute approximate surface area is 176 Å². The number of amides is 3. The number of nitrogens with one attached hydrogen (secondary N) is 2. The van der Waals surface area contributed by atoms with E-state index >= 15 is 0 Å². The van der Waals surface area contributed by atoms with Gasteiger partial charge in [0.25, 0.3) is 0 Å². The van der Waals surface area contributed by atoms with E-state index < -0.39 is 0 Å². The summed E-state index contributed by atoms with van der Waals surface area (Å²) >= 11 is 0. The van der Waals surface area contributed by atoms with Gasteiger partial charge in [-0.3, -0.25) is 4.79 Å². The first-order valence-electron chi connectivity index (χ1n) is 10.3. The van der Waals surface area contributed by atoms with Crippen LogP contribution in [0.2, 0.25) is 0 Å². The average Bonchev–Trinajstić information content (AvgIpc) is 2.76. The first-order valence-corrected chi connectivity index (χ1v) is 10.3. The topological polar surface area (TPSA) is 90.5 Å². The van der Waals surface area contributed by atoms with Crippen molar-refractivity contribution in [3.05, 3.63) is 48.7 Å². The predicted octanol–water partition coefficient (Wildman–Crippen LogP) is 4.05. The molecule has 1 aromatic heterocycles. The van der Waals surface area contributed by atoms with E-state index in [9.17, 15) is 9.59 Å². The van der Waals surface area contributed by atoms with Crippen molar-refractivity contribution in [3.8, 4) is 0 Å². The standard InChI is InChI=1S/C22H26N6O2/c1-3-19(29)24-17-10-7-11-18(12-17)28-20-15(14-27(2)22(28)30)13-23-21(26-20)25-16-8-5-4-6-9-16/h3,7,10-13,16H,1,4-6,8-9,14H2,2H3,(H,24,29)(H,23,25,26). The number of benzene rings is 1. The van der Waals surface area contributed by atoms with Gasteiger partial charge in [0.1, 0.15) is 0 Å². The fourth-order valence-electron chi connectivity index (χ4n) is 3.94. The molecule has 0 bridgehead atoms. The van der Waals surface area contributed by atoms with Crippen molar-refractivity contribution in [2.24, 2.45) is 0 Å². The summed E-state index contributed by atoms with van der Waals surface area (Å²) in [5.41, 5.74) is 2.07. The molecule has 2 heterocycles. The summed E-state index contributed by atoms with van der Waals surface area (Å²) in [5, 5.41) is 6.17. The van der Waals surface area contributed by atoms with Crippen LogP contribution in [0, 0.1) is 0 Å². The number of fused-ring (bicyclic) bond motifs is 1. The van der Waals surface area contributed by atoms with Gasteiger partial charge in [-0.05, 0) is 37.1 Å². The van der Waals surface area contributed by atoms with Gasteiger partial charge in [-0.25, -0.2) is 14.7 Å². The van der Waals surface area contributed by atoms with Crippen LogP contribution in [0.25, 0.3) is 0 Å². The summed E-state index contributed by atoms with van der Waals surface area (Å²) in [5.74, 6) is 0.800. The van der Waals surface area contributed by atoms with Crippen molar-refractivity contribution in [3.63, 3.8) is 0 Å². The number of aromatic nitrogens is 2. The highest BCUT2D eigenvalue weighted by atomic mass is 16.2. The number of rotatable bonds is 5. The van der Waals surface area contributed by atoms with Crippen LogP contribution in [0.15, 0.2) is 43.1 Å². The molecule has 1 saturated carbocycles. The van der Waals surface area contributed by atoms with Gasteiger partial charge >= 0.3 is 6.03 Å². The Kier molecular flexibility index (Phi) is 5.65. The van der Waals surface area contributed by atoms with Gasteiger partial charge < -0.3 is 15.5 Å². The van der Waals surface area contributed by atoms with Gasteiger partial charge in [0.15, 0.2) is 5.82 Å². The maximum Gasteiger partial charge on any atom is 0.330 e. The normalized spacial score (nSPS) is 16.8. The minimum absolute atomic E-state index is 0.183. The third kappa shape index (κ3) is 4.12. The van der Waals surface area contributed by atoms with Crippen LogP contribution in [0.4, 0.5) is 27.9 Å². The summed E-state index contributed by atoms with van der Waals surface area (Å²) in [4.78, 5) is 37.1. The van der Waals surface area contributed by atoms with Crippen molar-refractivity contribution in [1.29, 1.82) is 0 Å². The Morgan fingerprint density at radius 3 is 2.83 bits per heavy atom. The van der Waals surface area contributed by atoms with E-state index in [1.807, 2.05) is 6.07 Å². The van der Waals surface area contributed by atoms with Crippen LogP contribution >= 0.6 is 0 Å². The molecule has 2 aliphatic rings. The molecule has 0 unspecified atom stereocenters. The number of hydrogen-bond acceptors (Lipinski definition) is 5. The third-order valence-electron chi connectivity index (χ3n) is 5.47. The Bertz CT molecular complexity index is 970. The molecule has 0 spiro atoms. The van der Waals surface area contributed by atoms with Gasteiger partial charge in [0.2, 0.25) is 11.9 Å². The molecule has 1 fully saturated rings. The number of urea groups is 1. The first kappa shape index (κ1) is 19.9. The molecule has 2 aromatic rings. The third-order valence-corrected chi connectivity index (χ3v) is 5.47. The Morgan fingerprint density at radius 1 is 1.27 bits per heavy atom. The Balaban J connectivity index is 1.67. The molecular weight excluding hydrogens is 380 g/mol. The summed E-state index contributed by atoms with van der Waals surface area (Å²) in [6.07, 6.45) is 8.90. The average molecular weight is 406 g/mol. The number of anilines is 4. The van der Waals surface area contributed by atoms with Crippen molar-refractivity contribution in [2.75, 3.05) is 22.6 Å². The van der Waals surface area contributed by atoms with Crippen LogP contribution < -0.4 is 15.5 Å². The van der Waals surface area contributed by atoms with Crippen LogP contribution in [-0.2, 0) is 11.3 Å². The monoisotopic (exact) mass is 406 g/mol. The molecule has 30 heavy (non-hydrogen) atoms. The highest BCUT2D eigenvalue weighted by molar-refractivity contribution is 6.02. The molecule has 8 nitrogen and oxygen atoms in total. The zero-order chi connectivity index (χ0) is 21.1. The SMILES string of the molecule is C=CC(=O)Nc1cccc(N2C(=O)N(C)Cc3cnc(NC4CCCCC4)nc32)c1. The highest BCUT2D eigenvalue weighted by Gasteiger charge is 2.32. The maximum absolute atomic E-state index is 13.0. The Hall–Kier alpha value is -3.42. The molecule has 1 aromatic carbocycles. The summed E-state index contributed by atoms with van der Waals surface area (Å²) in [7, 11) is 1.75. The van der Waals surface area contributed by atoms with Gasteiger partial charge in [-0.15, -0.1) is 0 Å². The van der Waals surface area contributed by atoms with Gasteiger partial charge in [-0.1, -0.05) is 31.9 Å². The molecule has 1 aliphatic carbocycles. The number of carbonyl (C=O) groups is 2. The van der Waals surface area contributed by atoms with E-state index in [1.54, 1.807) is 41.2 Å². The van der Waals surface area contributed by atoms with Gasteiger partial charge in [-0.2, -0.15) is 4.98 Å². The zero-order valence-electron chi connectivity index (χ0n) is 17.1. The predicted molar refractivity (Wildman–Crippen MR) is 117 cm³/mol. The zero-order valence-corrected chi connectivity index (χ0v) is 17.1. The minimum Gasteiger partial charge on any atom is -0.351 e. The van der Waals surface area contributed by atoms with E-state index in [4.69, 9.17) is 4.98 Å². The van der Waals surface area contributed by atoms with Crippen LogP contribution in [0.5, 0.6) is 0 Å². The van der Waals surface area contributed by atoms with Gasteiger partial charge in [0.05, 0.1) is 12.2 Å². The summed E-state index contributed by atoms with van der Waals surface area (Å²) in [6.45, 7) is 3.92. The second-order valence-electron chi connectivity index (χ2n) is 7.74. The van der Waals surface area contributed by atoms with Crippen molar-refractivity contribution in [2.45, 2.75) is 44.7 Å². The van der Waals surface area contributed by atoms with E-state index in [0.29, 0.717) is 35.7 Å². The van der Waals surface area contributed by atoms with Crippen LogP contribution in [-0.4, -0.2) is 39.9 Å². The summed E-state index contributed by atoms with van der Waals surface area (Å²) < 4.78 is 0. The van der Waals surface area contributed by atoms with Gasteiger partial charge in [0, 0.05) is 30.5 Å². The van der Waals surface area contributed by atoms with Crippen LogP contribution in [0.1, 0.15) is 37.7 Å². The van der Waals surface area contributed by atoms with Crippen molar-refractivity contribution in [1.82, 2.24) is 14.9 Å². The quantitative estimate of drug-likeness (QED) is 0.731. The number of nitrogens with zero attached hydrogens (tertiary/aromatic N) is 4. The number of carbonyl (C=O) groups excluding carboxylic acids is 2. The lowest BCUT2D eigenvalue weighted by atomic mass is 9.96. The lowest BCUT2D eigenvalue weighted by Crippen LogP contribution is -2.43. The molecule has 4 rings (SSSR count). The molecule has 8 heteroatoms. The maximum atomic E-state index is 13.0. The molecular formula is C22H26N6O2. The molecule has 0 atom stereocenters. The van der Waals surface area contributed by atoms with E-state index in [0.717, 1.165) is 18.4 Å². The fraction of sp³-hybridized carbons (Fsp3) is 0.364.